The third-order valence-electron chi connectivity index (χ3n) is 13.5. The summed E-state index contributed by atoms with van der Waals surface area (Å²) in [6, 6.07) is 0.0523. The van der Waals surface area contributed by atoms with E-state index in [-0.39, 0.29) is 66.4 Å². The lowest BCUT2D eigenvalue weighted by molar-refractivity contribution is -0.117. The van der Waals surface area contributed by atoms with Crippen LogP contribution in [0.15, 0.2) is 82.7 Å². The van der Waals surface area contributed by atoms with E-state index in [0.717, 1.165) is 37.0 Å². The number of allylic oxidation sites excluding steroid dienone is 3. The predicted octanol–water partition coefficient (Wildman–Crippen LogP) is 4.41. The zero-order valence-electron chi connectivity index (χ0n) is 36.4. The molecule has 4 rings (SSSR count). The molecule has 1 amide bonds. The number of fused-ring (bicyclic) bond motifs is 1. The van der Waals surface area contributed by atoms with Gasteiger partial charge in [0.15, 0.2) is 11.7 Å². The number of carbonyl (C=O) groups excluding carboxylic acids is 2. The van der Waals surface area contributed by atoms with Crippen LogP contribution >= 0.6 is 0 Å². The van der Waals surface area contributed by atoms with Gasteiger partial charge in [-0.1, -0.05) is 87.4 Å². The van der Waals surface area contributed by atoms with Crippen molar-refractivity contribution in [3.8, 4) is 0 Å². The van der Waals surface area contributed by atoms with Crippen molar-refractivity contribution < 1.29 is 45.3 Å². The molecule has 2 aliphatic carbocycles. The van der Waals surface area contributed by atoms with E-state index < -0.39 is 59.6 Å². The highest BCUT2D eigenvalue weighted by molar-refractivity contribution is 6.25. The van der Waals surface area contributed by atoms with E-state index in [0.29, 0.717) is 31.3 Å². The lowest BCUT2D eigenvalue weighted by Gasteiger charge is -2.52. The molecule has 0 spiro atoms. The van der Waals surface area contributed by atoms with E-state index >= 15 is 0 Å². The van der Waals surface area contributed by atoms with Crippen molar-refractivity contribution in [2.75, 3.05) is 13.1 Å². The molecule has 60 heavy (non-hydrogen) atoms. The second kappa shape index (κ2) is 21.8. The predicted molar refractivity (Wildman–Crippen MR) is 233 cm³/mol. The van der Waals surface area contributed by atoms with Crippen LogP contribution in [0.4, 0.5) is 0 Å². The summed E-state index contributed by atoms with van der Waals surface area (Å²) in [7, 11) is 0. The van der Waals surface area contributed by atoms with Gasteiger partial charge in [0.2, 0.25) is 0 Å². The number of aliphatic hydroxyl groups is 7. The molecule has 0 aromatic rings. The molecule has 0 radical (unpaired) electrons. The molecule has 4 aliphatic rings. The quantitative estimate of drug-likeness (QED) is 0.0232. The van der Waals surface area contributed by atoms with Crippen LogP contribution in [0, 0.1) is 40.4 Å². The molecule has 11 N–H and O–H groups in total. The SMILES string of the molecule is CC1=C[C@H]2[C@@H](O)CCC[C@@H]2[C@@](C)(C(O)=C2C(=O)CNC2=O)[C@@H]1/C=C/[C@@H](C)[C@H](O)/C(C)=C/C[C@@H](O)/C=C/[C@@H](C)[C@H](O)/C=C/C[C@@H](O)/C(C)=C/C[C@@H](O)C[C@H]1CCCN1C(=N)N. The molecule has 1 saturated carbocycles. The molecule has 0 unspecified atom stereocenters. The molecule has 3 fully saturated rings. The summed E-state index contributed by atoms with van der Waals surface area (Å²) in [5.74, 6) is -2.79. The molecule has 0 bridgehead atoms. The maximum Gasteiger partial charge on any atom is 0.258 e. The van der Waals surface area contributed by atoms with Gasteiger partial charge in [-0.3, -0.25) is 15.0 Å². The van der Waals surface area contributed by atoms with E-state index in [1.165, 1.54) is 0 Å². The highest BCUT2D eigenvalue weighted by Gasteiger charge is 2.54. The Morgan fingerprint density at radius 1 is 0.967 bits per heavy atom. The molecular formula is C47H72N4O9. The van der Waals surface area contributed by atoms with Gasteiger partial charge in [-0.25, -0.2) is 0 Å². The minimum atomic E-state index is -1.04. The molecule has 13 atom stereocenters. The highest BCUT2D eigenvalue weighted by atomic mass is 16.3. The van der Waals surface area contributed by atoms with E-state index in [9.17, 15) is 45.3 Å². The first kappa shape index (κ1) is 48.8. The van der Waals surface area contributed by atoms with Gasteiger partial charge in [-0.2, -0.15) is 0 Å². The lowest BCUT2D eigenvalue weighted by Crippen LogP contribution is -2.49. The standard InChI is InChI=1S/C47H72N4O9/c1-27(38(54)12-8-13-39(55)28(2)16-21-34(53)25-32-10-9-23-51(32)46(48)49)15-19-33(52)20-17-29(3)43(58)30(4)18-22-36-31(5)24-35-37(11-7-14-40(35)56)47(36,6)44(59)42-41(57)26-50-45(42)60/h8,12,15-19,22,24,27,30,32-40,43,52-56,58-59H,7,9-11,13-14,20-21,23,25-26H2,1-6H3,(H3,48,49)(H,50,60)/b12-8+,19-15+,22-18+,28-16+,29-17+,44-42?/t27-,30-,32-,33+,34-,35-,36-,37+,38-,39-,40+,43-,47+/m1/s1. The number of Topliss-reactive ketones (excluding diaryl/α,β-unsaturated/α-hetero) is 1. The molecule has 2 heterocycles. The number of carbonyl (C=O) groups is 2. The van der Waals surface area contributed by atoms with Crippen molar-refractivity contribution in [1.82, 2.24) is 10.2 Å². The number of amides is 1. The van der Waals surface area contributed by atoms with Crippen LogP contribution in [-0.4, -0.2) is 114 Å². The summed E-state index contributed by atoms with van der Waals surface area (Å²) < 4.78 is 0. The maximum absolute atomic E-state index is 12.7. The minimum absolute atomic E-state index is 0.0308. The number of nitrogens with two attached hydrogens (primary N) is 1. The van der Waals surface area contributed by atoms with Crippen LogP contribution in [0.25, 0.3) is 0 Å². The fraction of sp³-hybridized carbons (Fsp3) is 0.638. The Labute approximate surface area is 356 Å². The Morgan fingerprint density at radius 3 is 2.33 bits per heavy atom. The topological polar surface area (TPSA) is 241 Å². The van der Waals surface area contributed by atoms with Crippen molar-refractivity contribution in [1.29, 1.82) is 5.41 Å². The van der Waals surface area contributed by atoms with Crippen LogP contribution in [-0.2, 0) is 9.59 Å². The Hall–Kier alpha value is -3.85. The van der Waals surface area contributed by atoms with Gasteiger partial charge in [0, 0.05) is 41.7 Å². The second-order valence-electron chi connectivity index (χ2n) is 18.0. The number of likely N-dealkylation sites (tertiary alicyclic amines) is 1. The molecule has 334 valence electrons. The van der Waals surface area contributed by atoms with Gasteiger partial charge >= 0.3 is 0 Å². The van der Waals surface area contributed by atoms with Crippen molar-refractivity contribution in [3.05, 3.63) is 82.7 Å². The number of guanidine groups is 1. The summed E-state index contributed by atoms with van der Waals surface area (Å²) >= 11 is 0. The average Bonchev–Trinajstić information content (AvgIpc) is 3.82. The van der Waals surface area contributed by atoms with Gasteiger partial charge in [-0.15, -0.1) is 0 Å². The summed E-state index contributed by atoms with van der Waals surface area (Å²) in [5.41, 5.74) is 6.69. The number of hydrogen-bond donors (Lipinski definition) is 10. The Balaban J connectivity index is 1.30. The van der Waals surface area contributed by atoms with Crippen molar-refractivity contribution in [2.24, 2.45) is 40.7 Å². The fourth-order valence-corrected chi connectivity index (χ4v) is 9.59. The summed E-state index contributed by atoms with van der Waals surface area (Å²) in [6.45, 7) is 11.7. The summed E-state index contributed by atoms with van der Waals surface area (Å²) in [4.78, 5) is 27.3. The number of nitrogens with zero attached hydrogens (tertiary/aromatic N) is 1. The monoisotopic (exact) mass is 837 g/mol. The Morgan fingerprint density at radius 2 is 1.67 bits per heavy atom. The number of aliphatic hydroxyl groups excluding tert-OH is 7. The smallest absolute Gasteiger partial charge is 0.258 e. The average molecular weight is 837 g/mol. The number of ketones is 1. The number of rotatable bonds is 18. The van der Waals surface area contributed by atoms with Crippen molar-refractivity contribution >= 4 is 17.6 Å². The lowest BCUT2D eigenvalue weighted by atomic mass is 9.52. The molecular weight excluding hydrogens is 765 g/mol. The van der Waals surface area contributed by atoms with Crippen LogP contribution in [0.2, 0.25) is 0 Å². The molecule has 2 saturated heterocycles. The third-order valence-corrected chi connectivity index (χ3v) is 13.5. The molecule has 0 aromatic heterocycles. The summed E-state index contributed by atoms with van der Waals surface area (Å²) in [5, 5.41) is 86.8. The molecule has 2 aliphatic heterocycles. The first-order valence-corrected chi connectivity index (χ1v) is 21.8. The van der Waals surface area contributed by atoms with Crippen LogP contribution in [0.1, 0.15) is 99.3 Å². The van der Waals surface area contributed by atoms with Crippen LogP contribution in [0.5, 0.6) is 0 Å². The van der Waals surface area contributed by atoms with E-state index in [1.807, 2.05) is 50.8 Å². The van der Waals surface area contributed by atoms with Crippen LogP contribution < -0.4 is 11.1 Å². The first-order chi connectivity index (χ1) is 28.3. The van der Waals surface area contributed by atoms with E-state index in [1.54, 1.807) is 44.2 Å². The summed E-state index contributed by atoms with van der Waals surface area (Å²) in [6.07, 6.45) is 17.0. The minimum Gasteiger partial charge on any atom is -0.511 e. The van der Waals surface area contributed by atoms with Gasteiger partial charge in [0.05, 0.1) is 43.2 Å². The fourth-order valence-electron chi connectivity index (χ4n) is 9.59. The number of hydrogen-bond acceptors (Lipinski definition) is 10. The van der Waals surface area contributed by atoms with Gasteiger partial charge in [0.25, 0.3) is 5.91 Å². The van der Waals surface area contributed by atoms with E-state index in [2.05, 4.69) is 11.4 Å². The molecule has 0 aromatic carbocycles. The van der Waals surface area contributed by atoms with Gasteiger partial charge in [0.1, 0.15) is 11.3 Å². The zero-order chi connectivity index (χ0) is 44.5. The first-order valence-electron chi connectivity index (χ1n) is 21.8. The van der Waals surface area contributed by atoms with Crippen molar-refractivity contribution in [3.63, 3.8) is 0 Å². The second-order valence-corrected chi connectivity index (χ2v) is 18.0. The van der Waals surface area contributed by atoms with Gasteiger partial charge in [-0.05, 0) is 89.2 Å². The number of nitrogens with one attached hydrogen (secondary N) is 2. The van der Waals surface area contributed by atoms with Gasteiger partial charge < -0.3 is 51.7 Å². The highest BCUT2D eigenvalue weighted by Crippen LogP contribution is 2.57. The van der Waals surface area contributed by atoms with E-state index in [4.69, 9.17) is 11.1 Å². The third kappa shape index (κ3) is 11.9. The molecule has 13 nitrogen and oxygen atoms in total. The van der Waals surface area contributed by atoms with Crippen molar-refractivity contribution in [2.45, 2.75) is 142 Å². The Kier molecular flexibility index (Phi) is 17.7. The Bertz CT molecular complexity index is 1730. The largest absolute Gasteiger partial charge is 0.511 e. The normalized spacial score (nSPS) is 31.2. The van der Waals surface area contributed by atoms with Crippen LogP contribution in [0.3, 0.4) is 0 Å². The zero-order valence-corrected chi connectivity index (χ0v) is 36.4. The molecule has 13 heteroatoms. The maximum atomic E-state index is 12.7.